The van der Waals surface area contributed by atoms with Crippen LogP contribution in [0.25, 0.3) is 0 Å². The van der Waals surface area contributed by atoms with Gasteiger partial charge < -0.3 is 9.47 Å². The summed E-state index contributed by atoms with van der Waals surface area (Å²) in [5.41, 5.74) is 1.04. The number of ether oxygens (including phenoxy) is 2. The lowest BCUT2D eigenvalue weighted by molar-refractivity contribution is -0.00461. The van der Waals surface area contributed by atoms with Crippen LogP contribution < -0.4 is 0 Å². The number of hydrogen-bond donors (Lipinski definition) is 0. The van der Waals surface area contributed by atoms with Crippen LogP contribution in [-0.2, 0) is 16.0 Å². The van der Waals surface area contributed by atoms with Crippen molar-refractivity contribution in [1.82, 2.24) is 9.88 Å². The molecule has 1 aromatic rings. The third-order valence-corrected chi connectivity index (χ3v) is 3.47. The highest BCUT2D eigenvalue weighted by Crippen LogP contribution is 2.20. The zero-order valence-electron chi connectivity index (χ0n) is 10.1. The molecule has 0 spiro atoms. The standard InChI is InChI=1S/C12H17ClN2O2/c1-16-10-7-15(8-11(10)17-2)6-9-4-3-5-14-12(9)13/h3-5,10-11H,6-8H2,1-2H3. The van der Waals surface area contributed by atoms with Gasteiger partial charge in [-0.25, -0.2) is 4.98 Å². The van der Waals surface area contributed by atoms with E-state index in [4.69, 9.17) is 21.1 Å². The smallest absolute Gasteiger partial charge is 0.133 e. The van der Waals surface area contributed by atoms with Crippen molar-refractivity contribution in [1.29, 1.82) is 0 Å². The number of rotatable bonds is 4. The normalized spacial score (nSPS) is 25.4. The van der Waals surface area contributed by atoms with E-state index in [0.717, 1.165) is 25.2 Å². The molecular weight excluding hydrogens is 240 g/mol. The lowest BCUT2D eigenvalue weighted by Gasteiger charge is -2.15. The molecule has 2 unspecified atom stereocenters. The quantitative estimate of drug-likeness (QED) is 0.767. The number of methoxy groups -OCH3 is 2. The van der Waals surface area contributed by atoms with Gasteiger partial charge in [0.05, 0.1) is 12.2 Å². The molecule has 0 amide bonds. The Labute approximate surface area is 106 Å². The number of hydrogen-bond acceptors (Lipinski definition) is 4. The summed E-state index contributed by atoms with van der Waals surface area (Å²) < 4.78 is 10.8. The van der Waals surface area contributed by atoms with Gasteiger partial charge in [0, 0.05) is 45.6 Å². The SMILES string of the molecule is COC1CN(Cc2cccnc2Cl)CC1OC. The van der Waals surface area contributed by atoms with E-state index in [9.17, 15) is 0 Å². The molecule has 4 nitrogen and oxygen atoms in total. The van der Waals surface area contributed by atoms with E-state index in [2.05, 4.69) is 9.88 Å². The van der Waals surface area contributed by atoms with Crippen LogP contribution in [0.4, 0.5) is 0 Å². The van der Waals surface area contributed by atoms with Crippen molar-refractivity contribution in [2.24, 2.45) is 0 Å². The summed E-state index contributed by atoms with van der Waals surface area (Å²) in [5, 5.41) is 0.572. The molecule has 1 aromatic heterocycles. The molecule has 2 heterocycles. The topological polar surface area (TPSA) is 34.6 Å². The van der Waals surface area contributed by atoms with E-state index < -0.39 is 0 Å². The highest BCUT2D eigenvalue weighted by molar-refractivity contribution is 6.30. The van der Waals surface area contributed by atoms with Gasteiger partial charge in [0.2, 0.25) is 0 Å². The molecule has 0 aliphatic carbocycles. The fraction of sp³-hybridized carbons (Fsp3) is 0.583. The second-order valence-electron chi connectivity index (χ2n) is 4.20. The summed E-state index contributed by atoms with van der Waals surface area (Å²) in [6.07, 6.45) is 1.97. The highest BCUT2D eigenvalue weighted by atomic mass is 35.5. The molecule has 0 saturated carbocycles. The Morgan fingerprint density at radius 1 is 1.35 bits per heavy atom. The molecule has 1 fully saturated rings. The third-order valence-electron chi connectivity index (χ3n) is 3.13. The van der Waals surface area contributed by atoms with E-state index in [0.29, 0.717) is 5.15 Å². The molecular formula is C12H17ClN2O2. The van der Waals surface area contributed by atoms with Crippen molar-refractivity contribution < 1.29 is 9.47 Å². The summed E-state index contributed by atoms with van der Waals surface area (Å²) >= 11 is 6.04. The Hall–Kier alpha value is -0.680. The van der Waals surface area contributed by atoms with Crippen LogP contribution in [0.1, 0.15) is 5.56 Å². The summed E-state index contributed by atoms with van der Waals surface area (Å²) in [6.45, 7) is 2.51. The Morgan fingerprint density at radius 2 is 2.00 bits per heavy atom. The van der Waals surface area contributed by atoms with Crippen LogP contribution in [-0.4, -0.2) is 49.4 Å². The van der Waals surface area contributed by atoms with Gasteiger partial charge in [0.1, 0.15) is 5.15 Å². The summed E-state index contributed by atoms with van der Waals surface area (Å²) in [6, 6.07) is 3.90. The first-order valence-electron chi connectivity index (χ1n) is 5.62. The Balaban J connectivity index is 1.99. The molecule has 2 atom stereocenters. The molecule has 1 aliphatic heterocycles. The lowest BCUT2D eigenvalue weighted by Crippen LogP contribution is -2.27. The number of nitrogens with zero attached hydrogens (tertiary/aromatic N) is 2. The van der Waals surface area contributed by atoms with Crippen LogP contribution in [0.3, 0.4) is 0 Å². The van der Waals surface area contributed by atoms with Gasteiger partial charge in [0.15, 0.2) is 0 Å². The lowest BCUT2D eigenvalue weighted by atomic mass is 10.3. The maximum atomic E-state index is 6.04. The average molecular weight is 257 g/mol. The van der Waals surface area contributed by atoms with Gasteiger partial charge in [-0.3, -0.25) is 4.90 Å². The van der Waals surface area contributed by atoms with Crippen molar-refractivity contribution in [3.8, 4) is 0 Å². The Morgan fingerprint density at radius 3 is 2.53 bits per heavy atom. The third kappa shape index (κ3) is 2.96. The second kappa shape index (κ2) is 5.78. The van der Waals surface area contributed by atoms with E-state index in [1.165, 1.54) is 0 Å². The van der Waals surface area contributed by atoms with Crippen molar-refractivity contribution in [3.05, 3.63) is 29.0 Å². The summed E-state index contributed by atoms with van der Waals surface area (Å²) in [5.74, 6) is 0. The molecule has 17 heavy (non-hydrogen) atoms. The van der Waals surface area contributed by atoms with Gasteiger partial charge in [0.25, 0.3) is 0 Å². The molecule has 1 aliphatic rings. The van der Waals surface area contributed by atoms with Crippen LogP contribution in [0.5, 0.6) is 0 Å². The number of halogens is 1. The molecule has 5 heteroatoms. The molecule has 1 saturated heterocycles. The van der Waals surface area contributed by atoms with Crippen LogP contribution in [0.15, 0.2) is 18.3 Å². The van der Waals surface area contributed by atoms with Gasteiger partial charge >= 0.3 is 0 Å². The molecule has 0 aromatic carbocycles. The van der Waals surface area contributed by atoms with Crippen molar-refractivity contribution in [3.63, 3.8) is 0 Å². The van der Waals surface area contributed by atoms with Gasteiger partial charge in [-0.15, -0.1) is 0 Å². The van der Waals surface area contributed by atoms with Gasteiger partial charge in [-0.2, -0.15) is 0 Å². The second-order valence-corrected chi connectivity index (χ2v) is 4.55. The Bertz CT molecular complexity index is 363. The average Bonchev–Trinajstić information content (AvgIpc) is 2.74. The predicted octanol–water partition coefficient (Wildman–Crippen LogP) is 1.58. The minimum absolute atomic E-state index is 0.135. The maximum Gasteiger partial charge on any atom is 0.133 e. The molecule has 0 bridgehead atoms. The molecule has 0 N–H and O–H groups in total. The van der Waals surface area contributed by atoms with E-state index in [-0.39, 0.29) is 12.2 Å². The van der Waals surface area contributed by atoms with Crippen LogP contribution >= 0.6 is 11.6 Å². The minimum Gasteiger partial charge on any atom is -0.377 e. The molecule has 2 rings (SSSR count). The minimum atomic E-state index is 0.135. The van der Waals surface area contributed by atoms with Gasteiger partial charge in [-0.1, -0.05) is 17.7 Å². The van der Waals surface area contributed by atoms with Crippen molar-refractivity contribution >= 4 is 11.6 Å². The number of aromatic nitrogens is 1. The van der Waals surface area contributed by atoms with Crippen LogP contribution in [0, 0.1) is 0 Å². The predicted molar refractivity (Wildman–Crippen MR) is 66.1 cm³/mol. The molecule has 94 valence electrons. The Kier molecular flexibility index (Phi) is 4.34. The van der Waals surface area contributed by atoms with E-state index in [1.807, 2.05) is 12.1 Å². The van der Waals surface area contributed by atoms with Crippen molar-refractivity contribution in [2.45, 2.75) is 18.8 Å². The van der Waals surface area contributed by atoms with E-state index in [1.54, 1.807) is 20.4 Å². The maximum absolute atomic E-state index is 6.04. The monoisotopic (exact) mass is 256 g/mol. The highest BCUT2D eigenvalue weighted by Gasteiger charge is 2.32. The first-order chi connectivity index (χ1) is 8.24. The van der Waals surface area contributed by atoms with Crippen molar-refractivity contribution in [2.75, 3.05) is 27.3 Å². The zero-order chi connectivity index (χ0) is 12.3. The summed E-state index contributed by atoms with van der Waals surface area (Å²) in [7, 11) is 3.44. The van der Waals surface area contributed by atoms with Gasteiger partial charge in [-0.05, 0) is 6.07 Å². The largest absolute Gasteiger partial charge is 0.377 e. The summed E-state index contributed by atoms with van der Waals surface area (Å²) in [4.78, 5) is 6.34. The fourth-order valence-corrected chi connectivity index (χ4v) is 2.36. The number of likely N-dealkylation sites (tertiary alicyclic amines) is 1. The number of pyridine rings is 1. The van der Waals surface area contributed by atoms with Crippen LogP contribution in [0.2, 0.25) is 5.15 Å². The van der Waals surface area contributed by atoms with E-state index >= 15 is 0 Å². The first kappa shape index (κ1) is 12.8. The fourth-order valence-electron chi connectivity index (χ4n) is 2.18. The molecule has 0 radical (unpaired) electrons. The first-order valence-corrected chi connectivity index (χ1v) is 5.99. The zero-order valence-corrected chi connectivity index (χ0v) is 10.9.